The molecule has 0 aliphatic carbocycles. The van der Waals surface area contributed by atoms with E-state index in [1.165, 1.54) is 11.0 Å². The van der Waals surface area contributed by atoms with Gasteiger partial charge in [0.1, 0.15) is 0 Å². The first-order chi connectivity index (χ1) is 13.5. The molecule has 144 valence electrons. The van der Waals surface area contributed by atoms with E-state index < -0.39 is 11.6 Å². The molecule has 0 radical (unpaired) electrons. The fourth-order valence-corrected chi connectivity index (χ4v) is 3.01. The first-order valence-corrected chi connectivity index (χ1v) is 9.02. The molecule has 0 unspecified atom stereocenters. The minimum Gasteiger partial charge on any atom is -0.352 e. The van der Waals surface area contributed by atoms with Gasteiger partial charge in [-0.1, -0.05) is 30.3 Å². The van der Waals surface area contributed by atoms with E-state index in [0.717, 1.165) is 22.9 Å². The maximum absolute atomic E-state index is 13.4. The maximum atomic E-state index is 13.4. The van der Waals surface area contributed by atoms with Crippen LogP contribution in [0.15, 0.2) is 60.7 Å². The molecule has 2 amide bonds. The number of halogens is 2. The van der Waals surface area contributed by atoms with Crippen LogP contribution in [0.25, 0.3) is 10.8 Å². The lowest BCUT2D eigenvalue weighted by Crippen LogP contribution is -2.34. The molecule has 1 N–H and O–H groups in total. The Bertz CT molecular complexity index is 1020. The number of carbonyl (C=O) groups excluding carboxylic acids is 2. The molecule has 0 saturated carbocycles. The third kappa shape index (κ3) is 4.34. The number of nitrogens with zero attached hydrogens (tertiary/aromatic N) is 1. The van der Waals surface area contributed by atoms with E-state index in [2.05, 4.69) is 5.32 Å². The van der Waals surface area contributed by atoms with Gasteiger partial charge < -0.3 is 10.2 Å². The first-order valence-electron chi connectivity index (χ1n) is 9.02. The molecule has 0 spiro atoms. The summed E-state index contributed by atoms with van der Waals surface area (Å²) in [5.41, 5.74) is 0.798. The van der Waals surface area contributed by atoms with E-state index in [9.17, 15) is 18.4 Å². The second-order valence-corrected chi connectivity index (χ2v) is 6.30. The Balaban J connectivity index is 1.60. The summed E-state index contributed by atoms with van der Waals surface area (Å²) in [6, 6.07) is 16.5. The lowest BCUT2D eigenvalue weighted by molar-refractivity contribution is -0.118. The highest BCUT2D eigenvalue weighted by molar-refractivity contribution is 5.99. The molecule has 0 fully saturated rings. The number of nitrogens with one attached hydrogen (secondary N) is 1. The van der Waals surface area contributed by atoms with Crippen molar-refractivity contribution in [1.29, 1.82) is 0 Å². The normalized spacial score (nSPS) is 10.7. The molecule has 4 nitrogen and oxygen atoms in total. The van der Waals surface area contributed by atoms with Crippen LogP contribution in [0, 0.1) is 11.6 Å². The van der Waals surface area contributed by atoms with Crippen LogP contribution in [0.3, 0.4) is 0 Å². The van der Waals surface area contributed by atoms with Gasteiger partial charge in [0.05, 0.1) is 0 Å². The molecule has 3 rings (SSSR count). The molecular formula is C22H20F2N2O2. The van der Waals surface area contributed by atoms with Crippen molar-refractivity contribution in [2.24, 2.45) is 0 Å². The molecule has 0 aliphatic rings. The minimum absolute atomic E-state index is 0.0478. The van der Waals surface area contributed by atoms with Crippen LogP contribution in [0.1, 0.15) is 23.7 Å². The largest absolute Gasteiger partial charge is 0.352 e. The van der Waals surface area contributed by atoms with Gasteiger partial charge >= 0.3 is 0 Å². The second-order valence-electron chi connectivity index (χ2n) is 6.30. The zero-order valence-electron chi connectivity index (χ0n) is 15.4. The van der Waals surface area contributed by atoms with Gasteiger partial charge in [-0.2, -0.15) is 0 Å². The standard InChI is InChI=1S/C22H20F2N2O2/c1-2-26(18-9-10-19(23)20(24)14-18)21(27)11-12-25-22(28)17-8-7-15-5-3-4-6-16(15)13-17/h3-10,13-14H,2,11-12H2,1H3,(H,25,28). The molecule has 0 atom stereocenters. The van der Waals surface area contributed by atoms with Crippen molar-refractivity contribution in [1.82, 2.24) is 5.32 Å². The first kappa shape index (κ1) is 19.5. The van der Waals surface area contributed by atoms with Gasteiger partial charge in [-0.3, -0.25) is 9.59 Å². The third-order valence-corrected chi connectivity index (χ3v) is 4.47. The second kappa shape index (κ2) is 8.61. The van der Waals surface area contributed by atoms with Crippen LogP contribution >= 0.6 is 0 Å². The predicted molar refractivity (Wildman–Crippen MR) is 105 cm³/mol. The summed E-state index contributed by atoms with van der Waals surface area (Å²) < 4.78 is 26.5. The number of amides is 2. The van der Waals surface area contributed by atoms with Crippen molar-refractivity contribution in [3.05, 3.63) is 77.9 Å². The van der Waals surface area contributed by atoms with Gasteiger partial charge in [0, 0.05) is 36.8 Å². The molecule has 3 aromatic carbocycles. The Labute approximate surface area is 161 Å². The van der Waals surface area contributed by atoms with Gasteiger partial charge in [0.2, 0.25) is 5.91 Å². The SMILES string of the molecule is CCN(C(=O)CCNC(=O)c1ccc2ccccc2c1)c1ccc(F)c(F)c1. The molecule has 28 heavy (non-hydrogen) atoms. The monoisotopic (exact) mass is 382 g/mol. The number of hydrogen-bond donors (Lipinski definition) is 1. The highest BCUT2D eigenvalue weighted by Crippen LogP contribution is 2.19. The van der Waals surface area contributed by atoms with Crippen LogP contribution in [0.5, 0.6) is 0 Å². The molecule has 0 saturated heterocycles. The highest BCUT2D eigenvalue weighted by atomic mass is 19.2. The van der Waals surface area contributed by atoms with Crippen LogP contribution in [0.2, 0.25) is 0 Å². The van der Waals surface area contributed by atoms with Crippen molar-refractivity contribution < 1.29 is 18.4 Å². The lowest BCUT2D eigenvalue weighted by Gasteiger charge is -2.21. The number of rotatable bonds is 6. The Morgan fingerprint density at radius 1 is 0.929 bits per heavy atom. The van der Waals surface area contributed by atoms with Crippen LogP contribution < -0.4 is 10.2 Å². The molecule has 3 aromatic rings. The Kier molecular flexibility index (Phi) is 5.99. The zero-order valence-corrected chi connectivity index (χ0v) is 15.4. The van der Waals surface area contributed by atoms with Gasteiger partial charge in [0.25, 0.3) is 5.91 Å². The molecule has 0 bridgehead atoms. The summed E-state index contributed by atoms with van der Waals surface area (Å²) in [6.07, 6.45) is 0.0478. The summed E-state index contributed by atoms with van der Waals surface area (Å²) in [6.45, 7) is 2.19. The summed E-state index contributed by atoms with van der Waals surface area (Å²) in [4.78, 5) is 26.1. The average molecular weight is 382 g/mol. The molecule has 0 aliphatic heterocycles. The van der Waals surface area contributed by atoms with E-state index in [4.69, 9.17) is 0 Å². The van der Waals surface area contributed by atoms with Crippen molar-refractivity contribution >= 4 is 28.3 Å². The van der Waals surface area contributed by atoms with E-state index in [1.54, 1.807) is 19.1 Å². The zero-order chi connectivity index (χ0) is 20.1. The van der Waals surface area contributed by atoms with Gasteiger partial charge in [0.15, 0.2) is 11.6 Å². The smallest absolute Gasteiger partial charge is 0.251 e. The van der Waals surface area contributed by atoms with Gasteiger partial charge in [-0.05, 0) is 42.0 Å². The molecule has 6 heteroatoms. The van der Waals surface area contributed by atoms with Crippen LogP contribution in [0.4, 0.5) is 14.5 Å². The molecular weight excluding hydrogens is 362 g/mol. The summed E-state index contributed by atoms with van der Waals surface area (Å²) >= 11 is 0. The number of fused-ring (bicyclic) bond motifs is 1. The number of anilines is 1. The van der Waals surface area contributed by atoms with Crippen LogP contribution in [-0.2, 0) is 4.79 Å². The van der Waals surface area contributed by atoms with E-state index >= 15 is 0 Å². The number of benzene rings is 3. The Morgan fingerprint density at radius 2 is 1.68 bits per heavy atom. The fraction of sp³-hybridized carbons (Fsp3) is 0.182. The third-order valence-electron chi connectivity index (χ3n) is 4.47. The van der Waals surface area contributed by atoms with Crippen molar-refractivity contribution in [3.8, 4) is 0 Å². The molecule has 0 aromatic heterocycles. The highest BCUT2D eigenvalue weighted by Gasteiger charge is 2.16. The summed E-state index contributed by atoms with van der Waals surface area (Å²) in [5, 5.41) is 4.73. The van der Waals surface area contributed by atoms with E-state index in [1.807, 2.05) is 30.3 Å². The maximum Gasteiger partial charge on any atom is 0.251 e. The fourth-order valence-electron chi connectivity index (χ4n) is 3.01. The lowest BCUT2D eigenvalue weighted by atomic mass is 10.1. The number of hydrogen-bond acceptors (Lipinski definition) is 2. The topological polar surface area (TPSA) is 49.4 Å². The quantitative estimate of drug-likeness (QED) is 0.691. The number of carbonyl (C=O) groups is 2. The van der Waals surface area contributed by atoms with Gasteiger partial charge in [-0.15, -0.1) is 0 Å². The molecule has 0 heterocycles. The Morgan fingerprint density at radius 3 is 2.39 bits per heavy atom. The van der Waals surface area contributed by atoms with Crippen molar-refractivity contribution in [2.45, 2.75) is 13.3 Å². The van der Waals surface area contributed by atoms with Crippen LogP contribution in [-0.4, -0.2) is 24.9 Å². The predicted octanol–water partition coefficient (Wildman–Crippen LogP) is 4.29. The summed E-state index contributed by atoms with van der Waals surface area (Å²) in [5.74, 6) is -2.52. The summed E-state index contributed by atoms with van der Waals surface area (Å²) in [7, 11) is 0. The van der Waals surface area contributed by atoms with Crippen molar-refractivity contribution in [2.75, 3.05) is 18.0 Å². The van der Waals surface area contributed by atoms with E-state index in [-0.39, 0.29) is 30.5 Å². The van der Waals surface area contributed by atoms with Crippen molar-refractivity contribution in [3.63, 3.8) is 0 Å². The average Bonchev–Trinajstić information content (AvgIpc) is 2.70. The Hall–Kier alpha value is -3.28. The van der Waals surface area contributed by atoms with Gasteiger partial charge in [-0.25, -0.2) is 8.78 Å². The van der Waals surface area contributed by atoms with E-state index in [0.29, 0.717) is 12.1 Å². The minimum atomic E-state index is -1.01.